The average molecular weight is 387 g/mol. The minimum Gasteiger partial charge on any atom is -0.383 e. The number of hydrogen-bond acceptors (Lipinski definition) is 5. The third kappa shape index (κ3) is 2.58. The third-order valence-electron chi connectivity index (χ3n) is 7.42. The van der Waals surface area contributed by atoms with Crippen LogP contribution in [0.1, 0.15) is 44.6 Å². The summed E-state index contributed by atoms with van der Waals surface area (Å²) in [6, 6.07) is 9.63. The lowest BCUT2D eigenvalue weighted by Gasteiger charge is -2.55. The molecule has 0 unspecified atom stereocenters. The topological polar surface area (TPSA) is 76.1 Å². The number of Topliss-reactive ketones (excluding diaryl/α,β-unsaturated/α-hetero) is 1. The second-order valence-electron chi connectivity index (χ2n) is 8.54. The number of fused-ring (bicyclic) bond motifs is 2. The van der Waals surface area contributed by atoms with Crippen LogP contribution >= 0.6 is 0 Å². The van der Waals surface area contributed by atoms with Gasteiger partial charge in [0.25, 0.3) is 5.91 Å². The van der Waals surface area contributed by atoms with Crippen LogP contribution in [0.2, 0.25) is 0 Å². The van der Waals surface area contributed by atoms with Crippen molar-refractivity contribution >= 4 is 11.7 Å². The molecule has 28 heavy (non-hydrogen) atoms. The zero-order valence-electron chi connectivity index (χ0n) is 16.6. The van der Waals surface area contributed by atoms with E-state index in [1.165, 1.54) is 0 Å². The molecule has 3 fully saturated rings. The highest BCUT2D eigenvalue weighted by molar-refractivity contribution is 5.93. The largest absolute Gasteiger partial charge is 0.383 e. The molecule has 1 heterocycles. The predicted octanol–water partition coefficient (Wildman–Crippen LogP) is 2.29. The highest BCUT2D eigenvalue weighted by Gasteiger charge is 2.72. The van der Waals surface area contributed by atoms with E-state index in [0.717, 1.165) is 12.0 Å². The van der Waals surface area contributed by atoms with Gasteiger partial charge in [-0.05, 0) is 31.2 Å². The van der Waals surface area contributed by atoms with E-state index in [1.807, 2.05) is 37.3 Å². The van der Waals surface area contributed by atoms with Gasteiger partial charge in [0, 0.05) is 31.5 Å². The van der Waals surface area contributed by atoms with Gasteiger partial charge in [0.05, 0.1) is 11.5 Å². The molecule has 4 rings (SSSR count). The van der Waals surface area contributed by atoms with Crippen LogP contribution in [-0.2, 0) is 25.6 Å². The second kappa shape index (κ2) is 7.25. The molecule has 1 spiro atoms. The number of aliphatic hydroxyl groups is 1. The van der Waals surface area contributed by atoms with Crippen molar-refractivity contribution in [3.05, 3.63) is 35.9 Å². The van der Waals surface area contributed by atoms with Crippen LogP contribution in [0.4, 0.5) is 0 Å². The number of ketones is 1. The fourth-order valence-electron chi connectivity index (χ4n) is 6.12. The van der Waals surface area contributed by atoms with Crippen molar-refractivity contribution in [2.45, 2.75) is 63.8 Å². The van der Waals surface area contributed by atoms with E-state index < -0.39 is 16.9 Å². The van der Waals surface area contributed by atoms with Crippen molar-refractivity contribution in [1.82, 2.24) is 4.90 Å². The Bertz CT molecular complexity index is 753. The maximum atomic E-state index is 13.2. The molecule has 1 amide bonds. The van der Waals surface area contributed by atoms with Crippen LogP contribution in [0.3, 0.4) is 0 Å². The number of methoxy groups -OCH3 is 1. The standard InChI is InChI=1S/C22H29NO5/c1-21-16(23(20(26)19(21)25)13-15-7-4-3-5-8-15)10-11-18(28-14-27-2)22(21)12-6-9-17(22)24/h3-5,7-8,16,18-19,25H,6,9-14H2,1-2H3/t16-,18-,19-,21+,22-/m0/s1. The smallest absolute Gasteiger partial charge is 0.252 e. The summed E-state index contributed by atoms with van der Waals surface area (Å²) in [6.45, 7) is 2.49. The summed E-state index contributed by atoms with van der Waals surface area (Å²) in [5.41, 5.74) is -0.671. The summed E-state index contributed by atoms with van der Waals surface area (Å²) in [4.78, 5) is 28.2. The number of aliphatic hydroxyl groups excluding tert-OH is 1. The number of carbonyl (C=O) groups is 2. The number of benzene rings is 1. The lowest BCUT2D eigenvalue weighted by atomic mass is 9.51. The molecule has 152 valence electrons. The minimum absolute atomic E-state index is 0.109. The summed E-state index contributed by atoms with van der Waals surface area (Å²) in [5, 5.41) is 11.2. The Labute approximate surface area is 165 Å². The van der Waals surface area contributed by atoms with E-state index in [0.29, 0.717) is 32.2 Å². The Morgan fingerprint density at radius 2 is 1.96 bits per heavy atom. The number of ether oxygens (including phenoxy) is 2. The first kappa shape index (κ1) is 19.6. The molecule has 3 aliphatic rings. The maximum Gasteiger partial charge on any atom is 0.252 e. The maximum absolute atomic E-state index is 13.2. The lowest BCUT2D eigenvalue weighted by Crippen LogP contribution is -2.63. The average Bonchev–Trinajstić information content (AvgIpc) is 3.17. The van der Waals surface area contributed by atoms with E-state index in [4.69, 9.17) is 9.47 Å². The van der Waals surface area contributed by atoms with Gasteiger partial charge < -0.3 is 19.5 Å². The van der Waals surface area contributed by atoms with Gasteiger partial charge in [-0.3, -0.25) is 9.59 Å². The van der Waals surface area contributed by atoms with Gasteiger partial charge in [-0.15, -0.1) is 0 Å². The van der Waals surface area contributed by atoms with E-state index in [-0.39, 0.29) is 30.6 Å². The third-order valence-corrected chi connectivity index (χ3v) is 7.42. The van der Waals surface area contributed by atoms with Crippen molar-refractivity contribution in [1.29, 1.82) is 0 Å². The normalized spacial score (nSPS) is 37.7. The molecule has 6 nitrogen and oxygen atoms in total. The van der Waals surface area contributed by atoms with E-state index in [2.05, 4.69) is 0 Å². The van der Waals surface area contributed by atoms with Crippen LogP contribution < -0.4 is 0 Å². The van der Waals surface area contributed by atoms with E-state index >= 15 is 0 Å². The van der Waals surface area contributed by atoms with Crippen molar-refractivity contribution in [2.24, 2.45) is 10.8 Å². The van der Waals surface area contributed by atoms with Gasteiger partial charge in [0.2, 0.25) is 0 Å². The SMILES string of the molecule is COCO[C@H]1CC[C@@H]2N(Cc3ccccc3)C(=O)[C@H](O)[C@]2(C)[C@]12CCCC2=O. The zero-order valence-corrected chi connectivity index (χ0v) is 16.6. The summed E-state index contributed by atoms with van der Waals surface area (Å²) in [6.07, 6.45) is 1.76. The quantitative estimate of drug-likeness (QED) is 0.785. The molecular formula is C22H29NO5. The van der Waals surface area contributed by atoms with Crippen molar-refractivity contribution in [2.75, 3.05) is 13.9 Å². The number of nitrogens with zero attached hydrogens (tertiary/aromatic N) is 1. The summed E-state index contributed by atoms with van der Waals surface area (Å²) in [7, 11) is 1.56. The fourth-order valence-corrected chi connectivity index (χ4v) is 6.12. The monoisotopic (exact) mass is 387 g/mol. The molecule has 6 heteroatoms. The molecule has 1 aromatic carbocycles. The number of rotatable bonds is 5. The molecule has 0 radical (unpaired) electrons. The Balaban J connectivity index is 1.73. The summed E-state index contributed by atoms with van der Waals surface area (Å²) >= 11 is 0. The minimum atomic E-state index is -1.20. The van der Waals surface area contributed by atoms with Gasteiger partial charge in [0.15, 0.2) is 0 Å². The van der Waals surface area contributed by atoms with Gasteiger partial charge >= 0.3 is 0 Å². The molecular weight excluding hydrogens is 358 g/mol. The second-order valence-corrected chi connectivity index (χ2v) is 8.54. The molecule has 1 saturated heterocycles. The molecule has 0 bridgehead atoms. The van der Waals surface area contributed by atoms with Crippen LogP contribution in [0.15, 0.2) is 30.3 Å². The Morgan fingerprint density at radius 3 is 2.61 bits per heavy atom. The lowest BCUT2D eigenvalue weighted by molar-refractivity contribution is -0.199. The predicted molar refractivity (Wildman–Crippen MR) is 102 cm³/mol. The zero-order chi connectivity index (χ0) is 19.9. The molecule has 5 atom stereocenters. The summed E-state index contributed by atoms with van der Waals surface area (Å²) < 4.78 is 11.1. The van der Waals surface area contributed by atoms with Crippen LogP contribution in [-0.4, -0.2) is 53.8 Å². The highest BCUT2D eigenvalue weighted by Crippen LogP contribution is 2.63. The first-order valence-electron chi connectivity index (χ1n) is 10.1. The van der Waals surface area contributed by atoms with Crippen LogP contribution in [0, 0.1) is 10.8 Å². The van der Waals surface area contributed by atoms with E-state index in [1.54, 1.807) is 12.0 Å². The van der Waals surface area contributed by atoms with Gasteiger partial charge in [0.1, 0.15) is 18.7 Å². The Kier molecular flexibility index (Phi) is 5.06. The highest BCUT2D eigenvalue weighted by atomic mass is 16.7. The molecule has 2 saturated carbocycles. The van der Waals surface area contributed by atoms with Crippen LogP contribution in [0.25, 0.3) is 0 Å². The first-order chi connectivity index (χ1) is 13.5. The van der Waals surface area contributed by atoms with E-state index in [9.17, 15) is 14.7 Å². The molecule has 2 aliphatic carbocycles. The van der Waals surface area contributed by atoms with Gasteiger partial charge in [-0.2, -0.15) is 0 Å². The summed E-state index contributed by atoms with van der Waals surface area (Å²) in [5.74, 6) is -0.156. The first-order valence-corrected chi connectivity index (χ1v) is 10.1. The van der Waals surface area contributed by atoms with Gasteiger partial charge in [-0.25, -0.2) is 0 Å². The van der Waals surface area contributed by atoms with Gasteiger partial charge in [-0.1, -0.05) is 37.3 Å². The number of likely N-dealkylation sites (tertiary alicyclic amines) is 1. The van der Waals surface area contributed by atoms with Crippen molar-refractivity contribution < 1.29 is 24.2 Å². The van der Waals surface area contributed by atoms with Crippen molar-refractivity contribution in [3.8, 4) is 0 Å². The molecule has 1 aromatic rings. The van der Waals surface area contributed by atoms with Crippen molar-refractivity contribution in [3.63, 3.8) is 0 Å². The molecule has 0 aromatic heterocycles. The number of amides is 1. The molecule has 1 aliphatic heterocycles. The number of hydrogen-bond donors (Lipinski definition) is 1. The Morgan fingerprint density at radius 1 is 1.21 bits per heavy atom. The molecule has 1 N–H and O–H groups in total. The van der Waals surface area contributed by atoms with Crippen LogP contribution in [0.5, 0.6) is 0 Å². The Hall–Kier alpha value is -1.76. The fraction of sp³-hybridized carbons (Fsp3) is 0.636. The number of carbonyl (C=O) groups excluding carboxylic acids is 2.